The van der Waals surface area contributed by atoms with Crippen molar-refractivity contribution >= 4 is 17.9 Å². The van der Waals surface area contributed by atoms with E-state index in [1.54, 1.807) is 26.0 Å². The van der Waals surface area contributed by atoms with Crippen LogP contribution in [-0.2, 0) is 6.42 Å². The Morgan fingerprint density at radius 3 is 2.64 bits per heavy atom. The van der Waals surface area contributed by atoms with Crippen molar-refractivity contribution in [3.05, 3.63) is 17.2 Å². The number of ether oxygens (including phenoxy) is 2. The van der Waals surface area contributed by atoms with Gasteiger partial charge in [-0.1, -0.05) is 13.3 Å². The minimum atomic E-state index is -1.01. The SMILES string of the molecule is CCCCSc1c(OC)cc(CCNC(=O)O)c(C)c1OC. The minimum Gasteiger partial charge on any atom is -0.495 e. The quantitative estimate of drug-likeness (QED) is 0.534. The summed E-state index contributed by atoms with van der Waals surface area (Å²) in [4.78, 5) is 11.6. The fourth-order valence-corrected chi connectivity index (χ4v) is 3.47. The summed E-state index contributed by atoms with van der Waals surface area (Å²) in [6.07, 6.45) is 1.88. The lowest BCUT2D eigenvalue weighted by Crippen LogP contribution is -2.23. The van der Waals surface area contributed by atoms with Crippen LogP contribution in [0.4, 0.5) is 4.79 Å². The van der Waals surface area contributed by atoms with Crippen LogP contribution in [0.2, 0.25) is 0 Å². The van der Waals surface area contributed by atoms with Crippen molar-refractivity contribution in [2.45, 2.75) is 38.0 Å². The molecule has 1 aromatic rings. The van der Waals surface area contributed by atoms with Gasteiger partial charge in [0, 0.05) is 6.54 Å². The fourth-order valence-electron chi connectivity index (χ4n) is 2.18. The Morgan fingerprint density at radius 1 is 1.36 bits per heavy atom. The Bertz CT molecular complexity index is 505. The molecule has 1 amide bonds. The van der Waals surface area contributed by atoms with Crippen molar-refractivity contribution in [3.8, 4) is 11.5 Å². The predicted octanol–water partition coefficient (Wildman–Crippen LogP) is 3.71. The number of amides is 1. The second kappa shape index (κ2) is 9.46. The fraction of sp³-hybridized carbons (Fsp3) is 0.562. The number of nitrogens with one attached hydrogen (secondary N) is 1. The maximum Gasteiger partial charge on any atom is 0.404 e. The summed E-state index contributed by atoms with van der Waals surface area (Å²) in [5.74, 6) is 2.63. The van der Waals surface area contributed by atoms with E-state index < -0.39 is 6.09 Å². The predicted molar refractivity (Wildman–Crippen MR) is 89.6 cm³/mol. The zero-order chi connectivity index (χ0) is 16.5. The zero-order valence-electron chi connectivity index (χ0n) is 13.7. The number of benzene rings is 1. The van der Waals surface area contributed by atoms with Crippen molar-refractivity contribution in [2.75, 3.05) is 26.5 Å². The van der Waals surface area contributed by atoms with Gasteiger partial charge < -0.3 is 19.9 Å². The molecular formula is C16H25NO4S. The second-order valence-corrected chi connectivity index (χ2v) is 6.01. The van der Waals surface area contributed by atoms with Crippen LogP contribution in [0.3, 0.4) is 0 Å². The van der Waals surface area contributed by atoms with E-state index in [9.17, 15) is 4.79 Å². The molecule has 2 N–H and O–H groups in total. The van der Waals surface area contributed by atoms with Gasteiger partial charge in [-0.15, -0.1) is 11.8 Å². The van der Waals surface area contributed by atoms with Crippen LogP contribution in [0.1, 0.15) is 30.9 Å². The first-order valence-corrected chi connectivity index (χ1v) is 8.37. The Labute approximate surface area is 136 Å². The average Bonchev–Trinajstić information content (AvgIpc) is 2.49. The lowest BCUT2D eigenvalue weighted by atomic mass is 10.0. The topological polar surface area (TPSA) is 67.8 Å². The number of carbonyl (C=O) groups is 1. The Hall–Kier alpha value is -1.56. The molecule has 1 rings (SSSR count). The maximum atomic E-state index is 10.6. The molecule has 22 heavy (non-hydrogen) atoms. The number of unbranched alkanes of at least 4 members (excludes halogenated alkanes) is 1. The van der Waals surface area contributed by atoms with Crippen LogP contribution in [0.25, 0.3) is 0 Å². The van der Waals surface area contributed by atoms with E-state index in [0.717, 1.165) is 46.1 Å². The summed E-state index contributed by atoms with van der Waals surface area (Å²) < 4.78 is 11.1. The molecule has 1 aromatic carbocycles. The van der Waals surface area contributed by atoms with Crippen LogP contribution in [0, 0.1) is 6.92 Å². The van der Waals surface area contributed by atoms with Gasteiger partial charge in [0.2, 0.25) is 0 Å². The number of carboxylic acid groups (broad SMARTS) is 1. The van der Waals surface area contributed by atoms with Gasteiger partial charge in [0.25, 0.3) is 0 Å². The number of rotatable bonds is 9. The molecule has 124 valence electrons. The van der Waals surface area contributed by atoms with Gasteiger partial charge in [-0.05, 0) is 42.7 Å². The summed E-state index contributed by atoms with van der Waals surface area (Å²) in [6, 6.07) is 1.98. The number of hydrogen-bond donors (Lipinski definition) is 2. The minimum absolute atomic E-state index is 0.366. The summed E-state index contributed by atoms with van der Waals surface area (Å²) >= 11 is 1.74. The molecule has 0 atom stereocenters. The van der Waals surface area contributed by atoms with Gasteiger partial charge in [-0.2, -0.15) is 0 Å². The first-order valence-electron chi connectivity index (χ1n) is 7.39. The van der Waals surface area contributed by atoms with Gasteiger partial charge in [0.05, 0.1) is 19.1 Å². The highest BCUT2D eigenvalue weighted by Crippen LogP contribution is 2.42. The Morgan fingerprint density at radius 2 is 2.09 bits per heavy atom. The number of thioether (sulfide) groups is 1. The molecule has 0 aliphatic carbocycles. The van der Waals surface area contributed by atoms with Crippen molar-refractivity contribution in [2.24, 2.45) is 0 Å². The molecule has 0 radical (unpaired) electrons. The van der Waals surface area contributed by atoms with E-state index in [1.165, 1.54) is 0 Å². The number of hydrogen-bond acceptors (Lipinski definition) is 4. The molecule has 0 fully saturated rings. The van der Waals surface area contributed by atoms with Crippen LogP contribution < -0.4 is 14.8 Å². The first-order chi connectivity index (χ1) is 10.5. The van der Waals surface area contributed by atoms with Crippen molar-refractivity contribution in [1.82, 2.24) is 5.32 Å². The summed E-state index contributed by atoms with van der Waals surface area (Å²) in [6.45, 7) is 4.53. The van der Waals surface area contributed by atoms with Crippen LogP contribution in [-0.4, -0.2) is 37.7 Å². The molecule has 0 aliphatic heterocycles. The highest BCUT2D eigenvalue weighted by Gasteiger charge is 2.17. The molecule has 0 heterocycles. The van der Waals surface area contributed by atoms with Crippen molar-refractivity contribution in [1.29, 1.82) is 0 Å². The van der Waals surface area contributed by atoms with E-state index in [4.69, 9.17) is 14.6 Å². The standard InChI is InChI=1S/C16H25NO4S/c1-5-6-9-22-15-13(20-3)10-12(7-8-17-16(18)19)11(2)14(15)21-4/h10,17H,5-9H2,1-4H3,(H,18,19). The van der Waals surface area contributed by atoms with E-state index in [2.05, 4.69) is 12.2 Å². The van der Waals surface area contributed by atoms with Crippen LogP contribution in [0.5, 0.6) is 11.5 Å². The molecule has 6 heteroatoms. The Kier molecular flexibility index (Phi) is 7.95. The smallest absolute Gasteiger partial charge is 0.404 e. The largest absolute Gasteiger partial charge is 0.495 e. The molecule has 0 aliphatic rings. The second-order valence-electron chi connectivity index (χ2n) is 4.91. The third-order valence-corrected chi connectivity index (χ3v) is 4.56. The molecular weight excluding hydrogens is 302 g/mol. The molecule has 0 spiro atoms. The molecule has 0 unspecified atom stereocenters. The molecule has 5 nitrogen and oxygen atoms in total. The molecule has 0 aromatic heterocycles. The monoisotopic (exact) mass is 327 g/mol. The summed E-state index contributed by atoms with van der Waals surface area (Å²) in [7, 11) is 3.30. The highest BCUT2D eigenvalue weighted by atomic mass is 32.2. The lowest BCUT2D eigenvalue weighted by molar-refractivity contribution is 0.194. The van der Waals surface area contributed by atoms with Gasteiger partial charge in [-0.25, -0.2) is 4.79 Å². The summed E-state index contributed by atoms with van der Waals surface area (Å²) in [5.41, 5.74) is 2.07. The van der Waals surface area contributed by atoms with E-state index in [0.29, 0.717) is 13.0 Å². The van der Waals surface area contributed by atoms with E-state index >= 15 is 0 Å². The first kappa shape index (κ1) is 18.5. The van der Waals surface area contributed by atoms with Crippen molar-refractivity contribution < 1.29 is 19.4 Å². The van der Waals surface area contributed by atoms with Gasteiger partial charge in [0.15, 0.2) is 0 Å². The van der Waals surface area contributed by atoms with Gasteiger partial charge >= 0.3 is 6.09 Å². The van der Waals surface area contributed by atoms with Crippen LogP contribution in [0.15, 0.2) is 11.0 Å². The number of methoxy groups -OCH3 is 2. The Balaban J connectivity index is 3.03. The van der Waals surface area contributed by atoms with Gasteiger partial charge in [-0.3, -0.25) is 0 Å². The average molecular weight is 327 g/mol. The summed E-state index contributed by atoms with van der Waals surface area (Å²) in [5, 5.41) is 11.0. The van der Waals surface area contributed by atoms with Gasteiger partial charge in [0.1, 0.15) is 11.5 Å². The molecule has 0 saturated heterocycles. The zero-order valence-corrected chi connectivity index (χ0v) is 14.5. The third-order valence-electron chi connectivity index (χ3n) is 3.40. The van der Waals surface area contributed by atoms with Crippen molar-refractivity contribution in [3.63, 3.8) is 0 Å². The maximum absolute atomic E-state index is 10.6. The highest BCUT2D eigenvalue weighted by molar-refractivity contribution is 7.99. The normalized spacial score (nSPS) is 10.4. The third kappa shape index (κ3) is 5.02. The molecule has 0 saturated carbocycles. The van der Waals surface area contributed by atoms with Crippen LogP contribution >= 0.6 is 11.8 Å². The van der Waals surface area contributed by atoms with E-state index in [1.807, 2.05) is 13.0 Å². The molecule has 0 bridgehead atoms. The van der Waals surface area contributed by atoms with E-state index in [-0.39, 0.29) is 0 Å². The lowest BCUT2D eigenvalue weighted by Gasteiger charge is -2.18.